The highest BCUT2D eigenvalue weighted by molar-refractivity contribution is 5.85. The zero-order valence-corrected chi connectivity index (χ0v) is 16.4. The Labute approximate surface area is 168 Å². The Kier molecular flexibility index (Phi) is 4.87. The van der Waals surface area contributed by atoms with E-state index in [0.717, 1.165) is 33.3 Å². The second-order valence-corrected chi connectivity index (χ2v) is 6.55. The average Bonchev–Trinajstić information content (AvgIpc) is 2.74. The van der Waals surface area contributed by atoms with Crippen molar-refractivity contribution >= 4 is 28.4 Å². The Morgan fingerprint density at radius 1 is 0.897 bits per heavy atom. The number of pyridine rings is 1. The molecule has 0 radical (unpaired) electrons. The number of hydrogen-bond acceptors (Lipinski definition) is 7. The highest BCUT2D eigenvalue weighted by Gasteiger charge is 2.15. The molecule has 7 heteroatoms. The van der Waals surface area contributed by atoms with Gasteiger partial charge in [-0.15, -0.1) is 0 Å². The fourth-order valence-corrected chi connectivity index (χ4v) is 3.23. The minimum Gasteiger partial charge on any atom is -0.493 e. The second kappa shape index (κ2) is 7.63. The van der Waals surface area contributed by atoms with E-state index < -0.39 is 0 Å². The van der Waals surface area contributed by atoms with E-state index in [9.17, 15) is 0 Å². The van der Waals surface area contributed by atoms with E-state index in [1.54, 1.807) is 26.6 Å². The summed E-state index contributed by atoms with van der Waals surface area (Å²) in [6.07, 6.45) is 3.47. The van der Waals surface area contributed by atoms with Gasteiger partial charge >= 0.3 is 0 Å². The zero-order chi connectivity index (χ0) is 20.4. The van der Waals surface area contributed by atoms with Crippen LogP contribution >= 0.6 is 0 Å². The Balaban J connectivity index is 1.80. The largest absolute Gasteiger partial charge is 0.493 e. The van der Waals surface area contributed by atoms with Crippen molar-refractivity contribution in [3.05, 3.63) is 60.4 Å². The molecule has 2 aromatic heterocycles. The van der Waals surface area contributed by atoms with E-state index in [4.69, 9.17) is 15.2 Å². The summed E-state index contributed by atoms with van der Waals surface area (Å²) in [5, 5.41) is 4.36. The van der Waals surface area contributed by atoms with Crippen molar-refractivity contribution in [1.82, 2.24) is 15.0 Å². The fraction of sp³-hybridized carbons (Fsp3) is 0.136. The molecule has 2 aromatic carbocycles. The van der Waals surface area contributed by atoms with Crippen LogP contribution in [0.5, 0.6) is 11.5 Å². The van der Waals surface area contributed by atoms with E-state index in [2.05, 4.69) is 20.3 Å². The summed E-state index contributed by atoms with van der Waals surface area (Å²) in [5.41, 5.74) is 10.3. The number of aryl methyl sites for hydroxylation is 1. The van der Waals surface area contributed by atoms with Gasteiger partial charge in [-0.05, 0) is 42.3 Å². The van der Waals surface area contributed by atoms with Gasteiger partial charge < -0.3 is 20.5 Å². The standard InChI is InChI=1S/C22H21N5O2/c1-13-8-19(28-2)20(29-3)10-16(13)17-12-25-22(23)27-21(17)26-15-9-14-6-4-5-7-18(14)24-11-15/h4-12H,1-3H3,(H3,23,25,26,27). The molecule has 0 aliphatic carbocycles. The smallest absolute Gasteiger partial charge is 0.221 e. The number of nitrogens with two attached hydrogens (primary N) is 1. The molecule has 0 atom stereocenters. The average molecular weight is 387 g/mol. The van der Waals surface area contributed by atoms with Gasteiger partial charge in [-0.2, -0.15) is 4.98 Å². The van der Waals surface area contributed by atoms with Gasteiger partial charge in [0, 0.05) is 17.1 Å². The van der Waals surface area contributed by atoms with Gasteiger partial charge in [0.1, 0.15) is 5.82 Å². The molecule has 0 spiro atoms. The highest BCUT2D eigenvalue weighted by atomic mass is 16.5. The van der Waals surface area contributed by atoms with Crippen LogP contribution in [0.4, 0.5) is 17.5 Å². The summed E-state index contributed by atoms with van der Waals surface area (Å²) in [6.45, 7) is 2.00. The van der Waals surface area contributed by atoms with Crippen molar-refractivity contribution < 1.29 is 9.47 Å². The number of nitrogens with one attached hydrogen (secondary N) is 1. The first-order valence-electron chi connectivity index (χ1n) is 9.06. The molecule has 29 heavy (non-hydrogen) atoms. The lowest BCUT2D eigenvalue weighted by atomic mass is 10.0. The molecule has 0 bridgehead atoms. The highest BCUT2D eigenvalue weighted by Crippen LogP contribution is 2.38. The van der Waals surface area contributed by atoms with Crippen molar-refractivity contribution in [2.75, 3.05) is 25.3 Å². The quantitative estimate of drug-likeness (QED) is 0.526. The van der Waals surface area contributed by atoms with Crippen molar-refractivity contribution in [3.8, 4) is 22.6 Å². The first kappa shape index (κ1) is 18.5. The van der Waals surface area contributed by atoms with E-state index in [1.807, 2.05) is 49.4 Å². The van der Waals surface area contributed by atoms with Crippen molar-refractivity contribution in [2.24, 2.45) is 0 Å². The fourth-order valence-electron chi connectivity index (χ4n) is 3.23. The van der Waals surface area contributed by atoms with Crippen LogP contribution in [-0.2, 0) is 0 Å². The Hall–Kier alpha value is -3.87. The van der Waals surface area contributed by atoms with Crippen LogP contribution in [0.15, 0.2) is 54.9 Å². The Morgan fingerprint density at radius 3 is 2.45 bits per heavy atom. The van der Waals surface area contributed by atoms with Crippen LogP contribution in [0.25, 0.3) is 22.0 Å². The number of fused-ring (bicyclic) bond motifs is 1. The molecular weight excluding hydrogens is 366 g/mol. The zero-order valence-electron chi connectivity index (χ0n) is 16.4. The lowest BCUT2D eigenvalue weighted by Gasteiger charge is -2.16. The van der Waals surface area contributed by atoms with Gasteiger partial charge in [0.2, 0.25) is 5.95 Å². The Morgan fingerprint density at radius 2 is 1.66 bits per heavy atom. The van der Waals surface area contributed by atoms with Crippen LogP contribution in [-0.4, -0.2) is 29.2 Å². The van der Waals surface area contributed by atoms with E-state index >= 15 is 0 Å². The minimum atomic E-state index is 0.183. The predicted octanol–water partition coefficient (Wildman–Crippen LogP) is 4.34. The number of rotatable bonds is 5. The maximum atomic E-state index is 5.87. The van der Waals surface area contributed by atoms with Gasteiger partial charge in [0.15, 0.2) is 11.5 Å². The molecule has 4 aromatic rings. The molecule has 7 nitrogen and oxygen atoms in total. The second-order valence-electron chi connectivity index (χ2n) is 6.55. The number of aromatic nitrogens is 3. The van der Waals surface area contributed by atoms with Crippen molar-refractivity contribution in [2.45, 2.75) is 6.92 Å². The minimum absolute atomic E-state index is 0.183. The molecule has 0 fully saturated rings. The molecule has 4 rings (SSSR count). The molecule has 0 saturated carbocycles. The Bertz CT molecular complexity index is 1190. The van der Waals surface area contributed by atoms with Crippen LogP contribution in [0.3, 0.4) is 0 Å². The molecule has 0 saturated heterocycles. The summed E-state index contributed by atoms with van der Waals surface area (Å²) in [6, 6.07) is 13.8. The van der Waals surface area contributed by atoms with Crippen LogP contribution in [0.2, 0.25) is 0 Å². The van der Waals surface area contributed by atoms with Crippen molar-refractivity contribution in [3.63, 3.8) is 0 Å². The number of para-hydroxylation sites is 1. The number of methoxy groups -OCH3 is 2. The van der Waals surface area contributed by atoms with Gasteiger partial charge in [0.05, 0.1) is 31.6 Å². The van der Waals surface area contributed by atoms with Crippen molar-refractivity contribution in [1.29, 1.82) is 0 Å². The lowest BCUT2D eigenvalue weighted by molar-refractivity contribution is 0.355. The molecule has 2 heterocycles. The van der Waals surface area contributed by atoms with E-state index in [-0.39, 0.29) is 5.95 Å². The summed E-state index contributed by atoms with van der Waals surface area (Å²) in [4.78, 5) is 13.1. The number of benzene rings is 2. The van der Waals surface area contributed by atoms with Gasteiger partial charge in [-0.3, -0.25) is 4.98 Å². The number of nitrogens with zero attached hydrogens (tertiary/aromatic N) is 3. The van der Waals surface area contributed by atoms with Gasteiger partial charge in [-0.25, -0.2) is 4.98 Å². The van der Waals surface area contributed by atoms with Gasteiger partial charge in [-0.1, -0.05) is 18.2 Å². The summed E-state index contributed by atoms with van der Waals surface area (Å²) >= 11 is 0. The van der Waals surface area contributed by atoms with E-state index in [0.29, 0.717) is 17.3 Å². The summed E-state index contributed by atoms with van der Waals surface area (Å²) < 4.78 is 10.9. The van der Waals surface area contributed by atoms with Crippen LogP contribution in [0, 0.1) is 6.92 Å². The lowest BCUT2D eigenvalue weighted by Crippen LogP contribution is -2.03. The molecule has 3 N–H and O–H groups in total. The third kappa shape index (κ3) is 3.62. The predicted molar refractivity (Wildman–Crippen MR) is 115 cm³/mol. The normalized spacial score (nSPS) is 10.7. The first-order valence-corrected chi connectivity index (χ1v) is 9.06. The van der Waals surface area contributed by atoms with Crippen LogP contribution < -0.4 is 20.5 Å². The molecule has 0 aliphatic rings. The molecular formula is C22H21N5O2. The molecule has 0 unspecified atom stereocenters. The monoisotopic (exact) mass is 387 g/mol. The SMILES string of the molecule is COc1cc(C)c(-c2cnc(N)nc2Nc2cnc3ccccc3c2)cc1OC. The maximum absolute atomic E-state index is 5.87. The third-order valence-electron chi connectivity index (χ3n) is 4.68. The molecule has 146 valence electrons. The topological polar surface area (TPSA) is 95.2 Å². The number of ether oxygens (including phenoxy) is 2. The number of nitrogen functional groups attached to an aromatic ring is 1. The third-order valence-corrected chi connectivity index (χ3v) is 4.68. The van der Waals surface area contributed by atoms with Crippen LogP contribution in [0.1, 0.15) is 5.56 Å². The number of hydrogen-bond donors (Lipinski definition) is 2. The maximum Gasteiger partial charge on any atom is 0.221 e. The summed E-state index contributed by atoms with van der Waals surface area (Å²) in [7, 11) is 3.22. The molecule has 0 amide bonds. The molecule has 0 aliphatic heterocycles. The summed E-state index contributed by atoms with van der Waals surface area (Å²) in [5.74, 6) is 2.06. The van der Waals surface area contributed by atoms with E-state index in [1.165, 1.54) is 0 Å². The first-order chi connectivity index (χ1) is 14.1. The number of anilines is 3. The van der Waals surface area contributed by atoms with Gasteiger partial charge in [0.25, 0.3) is 0 Å².